The number of rotatable bonds is 2. The number of halogens is 1. The maximum absolute atomic E-state index is 6.11. The number of benzene rings is 1. The number of hydrogen-bond donors (Lipinski definition) is 1. The second-order valence-corrected chi connectivity index (χ2v) is 5.22. The van der Waals surface area contributed by atoms with Crippen molar-refractivity contribution >= 4 is 17.3 Å². The highest BCUT2D eigenvalue weighted by Gasteiger charge is 2.28. The second kappa shape index (κ2) is 4.86. The zero-order valence-electron chi connectivity index (χ0n) is 11.0. The standard InChI is InChI=1S/C15H11ClN4O/c16-11-5-3-7-17-13(11)14-19-15(21-20-14)10-8-18-12-6-2-1-4-9(10)12/h1-7,10,18H,8H2. The lowest BCUT2D eigenvalue weighted by atomic mass is 10.0. The van der Waals surface area contributed by atoms with E-state index in [-0.39, 0.29) is 5.92 Å². The number of pyridine rings is 1. The van der Waals surface area contributed by atoms with E-state index in [1.807, 2.05) is 18.2 Å². The minimum Gasteiger partial charge on any atom is -0.384 e. The Bertz CT molecular complexity index is 802. The van der Waals surface area contributed by atoms with Gasteiger partial charge in [-0.2, -0.15) is 4.98 Å². The van der Waals surface area contributed by atoms with Crippen molar-refractivity contribution in [3.8, 4) is 11.5 Å². The molecule has 0 saturated carbocycles. The Hall–Kier alpha value is -2.40. The van der Waals surface area contributed by atoms with Gasteiger partial charge in [-0.15, -0.1) is 0 Å². The molecule has 0 bridgehead atoms. The van der Waals surface area contributed by atoms with E-state index >= 15 is 0 Å². The minimum absolute atomic E-state index is 0.0601. The summed E-state index contributed by atoms with van der Waals surface area (Å²) in [5.41, 5.74) is 2.81. The van der Waals surface area contributed by atoms with Gasteiger partial charge in [0.05, 0.1) is 10.9 Å². The summed E-state index contributed by atoms with van der Waals surface area (Å²) in [4.78, 5) is 8.66. The molecule has 1 N–H and O–H groups in total. The van der Waals surface area contributed by atoms with Crippen LogP contribution in [0.1, 0.15) is 17.4 Å². The third-order valence-electron chi connectivity index (χ3n) is 3.54. The van der Waals surface area contributed by atoms with E-state index in [0.29, 0.717) is 22.4 Å². The third-order valence-corrected chi connectivity index (χ3v) is 3.85. The molecule has 6 heteroatoms. The summed E-state index contributed by atoms with van der Waals surface area (Å²) in [5, 5.41) is 7.85. The van der Waals surface area contributed by atoms with Gasteiger partial charge in [-0.1, -0.05) is 35.0 Å². The zero-order valence-corrected chi connectivity index (χ0v) is 11.7. The molecule has 1 unspecified atom stereocenters. The highest BCUT2D eigenvalue weighted by Crippen LogP contribution is 2.35. The molecule has 0 spiro atoms. The molecule has 1 aliphatic heterocycles. The molecule has 5 nitrogen and oxygen atoms in total. The normalized spacial score (nSPS) is 16.5. The van der Waals surface area contributed by atoms with Crippen LogP contribution >= 0.6 is 11.6 Å². The van der Waals surface area contributed by atoms with Crippen LogP contribution in [0, 0.1) is 0 Å². The maximum Gasteiger partial charge on any atom is 0.236 e. The lowest BCUT2D eigenvalue weighted by Crippen LogP contribution is -2.04. The number of nitrogens with one attached hydrogen (secondary N) is 1. The van der Waals surface area contributed by atoms with Gasteiger partial charge in [-0.25, -0.2) is 0 Å². The Kier molecular flexibility index (Phi) is 2.86. The van der Waals surface area contributed by atoms with Crippen LogP contribution in [0.25, 0.3) is 11.5 Å². The molecule has 0 aliphatic carbocycles. The van der Waals surface area contributed by atoms with Gasteiger partial charge in [0.1, 0.15) is 5.69 Å². The van der Waals surface area contributed by atoms with Crippen molar-refractivity contribution < 1.29 is 4.52 Å². The Morgan fingerprint density at radius 1 is 1.19 bits per heavy atom. The predicted molar refractivity (Wildman–Crippen MR) is 79.3 cm³/mol. The second-order valence-electron chi connectivity index (χ2n) is 4.81. The molecule has 0 radical (unpaired) electrons. The molecule has 0 fully saturated rings. The molecular formula is C15H11ClN4O. The molecule has 4 rings (SSSR count). The first-order valence-electron chi connectivity index (χ1n) is 6.60. The fraction of sp³-hybridized carbons (Fsp3) is 0.133. The lowest BCUT2D eigenvalue weighted by Gasteiger charge is -2.03. The zero-order chi connectivity index (χ0) is 14.2. The quantitative estimate of drug-likeness (QED) is 0.786. The summed E-state index contributed by atoms with van der Waals surface area (Å²) in [5.74, 6) is 1.05. The van der Waals surface area contributed by atoms with Gasteiger partial charge in [-0.3, -0.25) is 4.98 Å². The topological polar surface area (TPSA) is 63.8 Å². The fourth-order valence-electron chi connectivity index (χ4n) is 2.53. The van der Waals surface area contributed by atoms with Crippen LogP contribution in [0.2, 0.25) is 5.02 Å². The van der Waals surface area contributed by atoms with Crippen LogP contribution in [-0.4, -0.2) is 21.7 Å². The summed E-state index contributed by atoms with van der Waals surface area (Å²) in [6.45, 7) is 0.747. The van der Waals surface area contributed by atoms with Gasteiger partial charge in [-0.05, 0) is 23.8 Å². The van der Waals surface area contributed by atoms with Gasteiger partial charge >= 0.3 is 0 Å². The lowest BCUT2D eigenvalue weighted by molar-refractivity contribution is 0.370. The van der Waals surface area contributed by atoms with Crippen LogP contribution in [-0.2, 0) is 0 Å². The third kappa shape index (κ3) is 2.06. The maximum atomic E-state index is 6.11. The largest absolute Gasteiger partial charge is 0.384 e. The van der Waals surface area contributed by atoms with Gasteiger partial charge in [0.25, 0.3) is 0 Å². The van der Waals surface area contributed by atoms with E-state index in [0.717, 1.165) is 12.2 Å². The SMILES string of the molecule is Clc1cccnc1-c1noc(C2CNc3ccccc32)n1. The van der Waals surface area contributed by atoms with Crippen LogP contribution in [0.4, 0.5) is 5.69 Å². The molecule has 1 aromatic carbocycles. The smallest absolute Gasteiger partial charge is 0.236 e. The van der Waals surface area contributed by atoms with Crippen LogP contribution < -0.4 is 5.32 Å². The highest BCUT2D eigenvalue weighted by molar-refractivity contribution is 6.32. The molecule has 2 aromatic heterocycles. The van der Waals surface area contributed by atoms with Crippen molar-refractivity contribution in [1.82, 2.24) is 15.1 Å². The van der Waals surface area contributed by atoms with Gasteiger partial charge in [0, 0.05) is 18.4 Å². The van der Waals surface area contributed by atoms with Gasteiger partial charge < -0.3 is 9.84 Å². The number of fused-ring (bicyclic) bond motifs is 1. The number of para-hydroxylation sites is 1. The van der Waals surface area contributed by atoms with Gasteiger partial charge in [0.15, 0.2) is 0 Å². The number of nitrogens with zero attached hydrogens (tertiary/aromatic N) is 3. The van der Waals surface area contributed by atoms with Crippen molar-refractivity contribution in [3.63, 3.8) is 0 Å². The van der Waals surface area contributed by atoms with E-state index in [9.17, 15) is 0 Å². The Balaban J connectivity index is 1.72. The summed E-state index contributed by atoms with van der Waals surface area (Å²) < 4.78 is 5.42. The van der Waals surface area contributed by atoms with Crippen molar-refractivity contribution in [1.29, 1.82) is 0 Å². The predicted octanol–water partition coefficient (Wildman–Crippen LogP) is 3.34. The monoisotopic (exact) mass is 298 g/mol. The molecular weight excluding hydrogens is 288 g/mol. The first-order chi connectivity index (χ1) is 10.3. The van der Waals surface area contributed by atoms with Crippen molar-refractivity contribution in [2.24, 2.45) is 0 Å². The highest BCUT2D eigenvalue weighted by atomic mass is 35.5. The molecule has 1 aliphatic rings. The van der Waals surface area contributed by atoms with Gasteiger partial charge in [0.2, 0.25) is 11.7 Å². The summed E-state index contributed by atoms with van der Waals surface area (Å²) in [6, 6.07) is 11.6. The molecule has 0 saturated heterocycles. The summed E-state index contributed by atoms with van der Waals surface area (Å²) in [7, 11) is 0. The average Bonchev–Trinajstić information content (AvgIpc) is 3.14. The number of aromatic nitrogens is 3. The van der Waals surface area contributed by atoms with Crippen LogP contribution in [0.15, 0.2) is 47.1 Å². The van der Waals surface area contributed by atoms with Crippen LogP contribution in [0.5, 0.6) is 0 Å². The van der Waals surface area contributed by atoms with E-state index in [1.165, 1.54) is 5.56 Å². The summed E-state index contributed by atoms with van der Waals surface area (Å²) >= 11 is 6.11. The minimum atomic E-state index is 0.0601. The van der Waals surface area contributed by atoms with E-state index in [4.69, 9.17) is 16.1 Å². The molecule has 3 heterocycles. The van der Waals surface area contributed by atoms with Crippen molar-refractivity contribution in [2.75, 3.05) is 11.9 Å². The number of anilines is 1. The Morgan fingerprint density at radius 3 is 3.00 bits per heavy atom. The molecule has 1 atom stereocenters. The first-order valence-corrected chi connectivity index (χ1v) is 6.98. The first kappa shape index (κ1) is 12.3. The fourth-order valence-corrected chi connectivity index (χ4v) is 2.73. The van der Waals surface area contributed by atoms with E-state index in [1.54, 1.807) is 18.3 Å². The summed E-state index contributed by atoms with van der Waals surface area (Å²) in [6.07, 6.45) is 1.66. The average molecular weight is 299 g/mol. The van der Waals surface area contributed by atoms with E-state index in [2.05, 4.69) is 26.5 Å². The Labute approximate surface area is 126 Å². The molecule has 104 valence electrons. The molecule has 3 aromatic rings. The molecule has 21 heavy (non-hydrogen) atoms. The van der Waals surface area contributed by atoms with Crippen molar-refractivity contribution in [2.45, 2.75) is 5.92 Å². The number of hydrogen-bond acceptors (Lipinski definition) is 5. The van der Waals surface area contributed by atoms with E-state index < -0.39 is 0 Å². The molecule has 0 amide bonds. The van der Waals surface area contributed by atoms with Crippen molar-refractivity contribution in [3.05, 3.63) is 59.1 Å². The Morgan fingerprint density at radius 2 is 2.10 bits per heavy atom. The van der Waals surface area contributed by atoms with Crippen LogP contribution in [0.3, 0.4) is 0 Å².